The van der Waals surface area contributed by atoms with Gasteiger partial charge in [0.15, 0.2) is 0 Å². The van der Waals surface area contributed by atoms with Crippen molar-refractivity contribution in [3.05, 3.63) is 57.5 Å². The second kappa shape index (κ2) is 8.04. The van der Waals surface area contributed by atoms with E-state index < -0.39 is 0 Å². The number of carbonyl (C=O) groups excluding carboxylic acids is 1. The summed E-state index contributed by atoms with van der Waals surface area (Å²) >= 11 is 9.42. The number of methoxy groups -OCH3 is 2. The predicted molar refractivity (Wildman–Crippen MR) is 96.4 cm³/mol. The van der Waals surface area contributed by atoms with Gasteiger partial charge in [-0.2, -0.15) is 0 Å². The van der Waals surface area contributed by atoms with Crippen LogP contribution in [0, 0.1) is 0 Å². The van der Waals surface area contributed by atoms with Crippen molar-refractivity contribution in [1.29, 1.82) is 0 Å². The van der Waals surface area contributed by atoms with Crippen molar-refractivity contribution < 1.29 is 14.3 Å². The highest BCUT2D eigenvalue weighted by atomic mass is 79.9. The number of benzene rings is 2. The summed E-state index contributed by atoms with van der Waals surface area (Å²) in [6.07, 6.45) is 3.12. The third-order valence-corrected chi connectivity index (χ3v) is 3.81. The molecular formula is C17H15BrClNO3. The number of hydrogen-bond acceptors (Lipinski definition) is 3. The molecule has 0 aliphatic rings. The van der Waals surface area contributed by atoms with Crippen LogP contribution in [0.3, 0.4) is 0 Å². The molecule has 0 bridgehead atoms. The number of halogens is 2. The highest BCUT2D eigenvalue weighted by Gasteiger charge is 2.05. The Morgan fingerprint density at radius 1 is 1.13 bits per heavy atom. The summed E-state index contributed by atoms with van der Waals surface area (Å²) in [6, 6.07) is 10.6. The van der Waals surface area contributed by atoms with Gasteiger partial charge < -0.3 is 14.8 Å². The maximum atomic E-state index is 12.0. The number of ether oxygens (including phenoxy) is 2. The van der Waals surface area contributed by atoms with Crippen LogP contribution in [0.4, 0.5) is 5.69 Å². The van der Waals surface area contributed by atoms with Gasteiger partial charge in [0.1, 0.15) is 11.5 Å². The molecular weight excluding hydrogens is 382 g/mol. The van der Waals surface area contributed by atoms with E-state index in [1.807, 2.05) is 18.2 Å². The van der Waals surface area contributed by atoms with Gasteiger partial charge in [0.05, 0.1) is 19.2 Å². The first-order valence-corrected chi connectivity index (χ1v) is 7.86. The molecule has 0 saturated heterocycles. The van der Waals surface area contributed by atoms with Crippen LogP contribution in [0.2, 0.25) is 5.02 Å². The fraction of sp³-hybridized carbons (Fsp3) is 0.118. The molecule has 1 amide bonds. The average molecular weight is 397 g/mol. The molecule has 2 aromatic carbocycles. The zero-order valence-corrected chi connectivity index (χ0v) is 14.9. The minimum absolute atomic E-state index is 0.270. The minimum atomic E-state index is -0.270. The van der Waals surface area contributed by atoms with Crippen LogP contribution in [0.1, 0.15) is 5.56 Å². The molecule has 1 N–H and O–H groups in total. The van der Waals surface area contributed by atoms with E-state index in [0.717, 1.165) is 10.0 Å². The van der Waals surface area contributed by atoms with Crippen molar-refractivity contribution in [3.63, 3.8) is 0 Å². The van der Waals surface area contributed by atoms with Gasteiger partial charge in [0.25, 0.3) is 0 Å². The molecule has 0 heterocycles. The Kier molecular flexibility index (Phi) is 6.07. The molecule has 4 nitrogen and oxygen atoms in total. The molecule has 120 valence electrons. The molecule has 0 radical (unpaired) electrons. The number of rotatable bonds is 5. The van der Waals surface area contributed by atoms with E-state index in [1.54, 1.807) is 31.4 Å². The van der Waals surface area contributed by atoms with E-state index in [9.17, 15) is 4.79 Å². The molecule has 0 saturated carbocycles. The van der Waals surface area contributed by atoms with E-state index >= 15 is 0 Å². The van der Waals surface area contributed by atoms with Crippen LogP contribution in [0.25, 0.3) is 6.08 Å². The summed E-state index contributed by atoms with van der Waals surface area (Å²) in [4.78, 5) is 12.0. The van der Waals surface area contributed by atoms with E-state index in [2.05, 4.69) is 21.2 Å². The Hall–Kier alpha value is -1.98. The average Bonchev–Trinajstić information content (AvgIpc) is 2.53. The molecule has 0 unspecified atom stereocenters. The fourth-order valence-electron chi connectivity index (χ4n) is 1.93. The zero-order valence-electron chi connectivity index (χ0n) is 12.6. The Morgan fingerprint density at radius 3 is 2.48 bits per heavy atom. The molecule has 23 heavy (non-hydrogen) atoms. The lowest BCUT2D eigenvalue weighted by Gasteiger charge is -2.07. The second-order valence-corrected chi connectivity index (χ2v) is 5.88. The first kappa shape index (κ1) is 17.4. The SMILES string of the molecule is COc1ccc(NC(=O)/C=C/c2cc(Br)ccc2OC)cc1Cl. The normalized spacial score (nSPS) is 10.6. The molecule has 0 fully saturated rings. The van der Waals surface area contributed by atoms with Crippen LogP contribution in [0.5, 0.6) is 11.5 Å². The summed E-state index contributed by atoms with van der Waals surface area (Å²) in [6.45, 7) is 0. The maximum absolute atomic E-state index is 12.0. The van der Waals surface area contributed by atoms with Crippen molar-refractivity contribution in [2.24, 2.45) is 0 Å². The highest BCUT2D eigenvalue weighted by Crippen LogP contribution is 2.27. The number of anilines is 1. The van der Waals surface area contributed by atoms with Gasteiger partial charge in [-0.15, -0.1) is 0 Å². The molecule has 0 atom stereocenters. The molecule has 0 spiro atoms. The van der Waals surface area contributed by atoms with Crippen molar-refractivity contribution >= 4 is 45.2 Å². The van der Waals surface area contributed by atoms with Crippen LogP contribution >= 0.6 is 27.5 Å². The molecule has 2 aromatic rings. The van der Waals surface area contributed by atoms with E-state index in [-0.39, 0.29) is 5.91 Å². The van der Waals surface area contributed by atoms with E-state index in [1.165, 1.54) is 13.2 Å². The summed E-state index contributed by atoms with van der Waals surface area (Å²) in [7, 11) is 3.12. The van der Waals surface area contributed by atoms with Gasteiger partial charge >= 0.3 is 0 Å². The summed E-state index contributed by atoms with van der Waals surface area (Å²) < 4.78 is 11.2. The van der Waals surface area contributed by atoms with Gasteiger partial charge in [-0.05, 0) is 42.5 Å². The number of amides is 1. The third kappa shape index (κ3) is 4.74. The Bertz CT molecular complexity index is 747. The van der Waals surface area contributed by atoms with Crippen molar-refractivity contribution in [2.75, 3.05) is 19.5 Å². The van der Waals surface area contributed by atoms with Gasteiger partial charge in [0, 0.05) is 21.8 Å². The topological polar surface area (TPSA) is 47.6 Å². The second-order valence-electron chi connectivity index (χ2n) is 4.56. The summed E-state index contributed by atoms with van der Waals surface area (Å²) in [5, 5.41) is 3.17. The van der Waals surface area contributed by atoms with Gasteiger partial charge in [-0.3, -0.25) is 4.79 Å². The first-order chi connectivity index (χ1) is 11.0. The quantitative estimate of drug-likeness (QED) is 0.741. The smallest absolute Gasteiger partial charge is 0.248 e. The number of carbonyl (C=O) groups is 1. The molecule has 2 rings (SSSR count). The Balaban J connectivity index is 2.10. The molecule has 6 heteroatoms. The monoisotopic (exact) mass is 395 g/mol. The first-order valence-electron chi connectivity index (χ1n) is 6.69. The van der Waals surface area contributed by atoms with E-state index in [0.29, 0.717) is 22.2 Å². The van der Waals surface area contributed by atoms with Crippen LogP contribution in [-0.2, 0) is 4.79 Å². The van der Waals surface area contributed by atoms with Crippen LogP contribution < -0.4 is 14.8 Å². The lowest BCUT2D eigenvalue weighted by Crippen LogP contribution is -2.07. The van der Waals surface area contributed by atoms with Crippen LogP contribution in [0.15, 0.2) is 46.9 Å². The third-order valence-electron chi connectivity index (χ3n) is 3.03. The van der Waals surface area contributed by atoms with Crippen LogP contribution in [-0.4, -0.2) is 20.1 Å². The zero-order chi connectivity index (χ0) is 16.8. The van der Waals surface area contributed by atoms with Crippen molar-refractivity contribution in [3.8, 4) is 11.5 Å². The summed E-state index contributed by atoms with van der Waals surface area (Å²) in [5.41, 5.74) is 1.39. The lowest BCUT2D eigenvalue weighted by atomic mass is 10.2. The highest BCUT2D eigenvalue weighted by molar-refractivity contribution is 9.10. The van der Waals surface area contributed by atoms with Gasteiger partial charge in [-0.1, -0.05) is 27.5 Å². The fourth-order valence-corrected chi connectivity index (χ4v) is 2.57. The van der Waals surface area contributed by atoms with Crippen molar-refractivity contribution in [1.82, 2.24) is 0 Å². The summed E-state index contributed by atoms with van der Waals surface area (Å²) in [5.74, 6) is 0.970. The molecule has 0 aliphatic carbocycles. The number of hydrogen-bond donors (Lipinski definition) is 1. The predicted octanol–water partition coefficient (Wildman–Crippen LogP) is 4.77. The lowest BCUT2D eigenvalue weighted by molar-refractivity contribution is -0.111. The van der Waals surface area contributed by atoms with E-state index in [4.69, 9.17) is 21.1 Å². The Morgan fingerprint density at radius 2 is 1.83 bits per heavy atom. The largest absolute Gasteiger partial charge is 0.496 e. The minimum Gasteiger partial charge on any atom is -0.496 e. The molecule has 0 aromatic heterocycles. The standard InChI is InChI=1S/C17H15BrClNO3/c1-22-15-6-4-12(18)9-11(15)3-8-17(21)20-13-5-7-16(23-2)14(19)10-13/h3-10H,1-2H3,(H,20,21)/b8-3+. The van der Waals surface area contributed by atoms with Gasteiger partial charge in [-0.25, -0.2) is 0 Å². The Labute approximate surface area is 148 Å². The maximum Gasteiger partial charge on any atom is 0.248 e. The molecule has 0 aliphatic heterocycles. The number of nitrogens with one attached hydrogen (secondary N) is 1. The van der Waals surface area contributed by atoms with Gasteiger partial charge in [0.2, 0.25) is 5.91 Å². The van der Waals surface area contributed by atoms with Crippen molar-refractivity contribution in [2.45, 2.75) is 0 Å².